The summed E-state index contributed by atoms with van der Waals surface area (Å²) >= 11 is 0. The molecule has 2 rings (SSSR count). The van der Waals surface area contributed by atoms with Gasteiger partial charge in [-0.3, -0.25) is 4.79 Å². The molecule has 0 saturated carbocycles. The maximum absolute atomic E-state index is 12.2. The van der Waals surface area contributed by atoms with Crippen molar-refractivity contribution in [2.45, 2.75) is 63.1 Å². The number of alkyl carbamates (subject to hydrolysis) is 1. The van der Waals surface area contributed by atoms with Crippen molar-refractivity contribution in [3.05, 3.63) is 35.9 Å². The third-order valence-corrected chi connectivity index (χ3v) is 4.61. The first kappa shape index (κ1) is 23.0. The Balaban J connectivity index is 1.82. The van der Waals surface area contributed by atoms with Gasteiger partial charge in [0.05, 0.1) is 6.61 Å². The van der Waals surface area contributed by atoms with Crippen LogP contribution >= 0.6 is 0 Å². The highest BCUT2D eigenvalue weighted by Gasteiger charge is 2.44. The summed E-state index contributed by atoms with van der Waals surface area (Å²) in [6.45, 7) is 2.58. The van der Waals surface area contributed by atoms with Crippen molar-refractivity contribution in [2.24, 2.45) is 0 Å². The number of benzene rings is 1. The topological polar surface area (TPSA) is 158 Å². The number of hydrogen-bond donors (Lipinski definition) is 6. The molecule has 29 heavy (non-hydrogen) atoms. The zero-order chi connectivity index (χ0) is 21.6. The summed E-state index contributed by atoms with van der Waals surface area (Å²) in [4.78, 5) is 24.3. The molecule has 1 fully saturated rings. The van der Waals surface area contributed by atoms with Crippen molar-refractivity contribution in [3.63, 3.8) is 0 Å². The first-order chi connectivity index (χ1) is 13.7. The van der Waals surface area contributed by atoms with Crippen molar-refractivity contribution >= 4 is 12.0 Å². The van der Waals surface area contributed by atoms with E-state index in [1.54, 1.807) is 0 Å². The van der Waals surface area contributed by atoms with Crippen LogP contribution in [-0.2, 0) is 20.7 Å². The lowest BCUT2D eigenvalue weighted by Gasteiger charge is -2.40. The fourth-order valence-corrected chi connectivity index (χ4v) is 3.02. The van der Waals surface area contributed by atoms with Gasteiger partial charge < -0.3 is 40.5 Å². The van der Waals surface area contributed by atoms with Gasteiger partial charge in [0.1, 0.15) is 24.4 Å². The number of amides is 2. The Morgan fingerprint density at radius 2 is 1.79 bits per heavy atom. The molecule has 1 aliphatic rings. The summed E-state index contributed by atoms with van der Waals surface area (Å²) in [5.41, 5.74) is 1.05. The molecular formula is C19H28N2O8. The number of aliphatic hydroxyl groups is 4. The summed E-state index contributed by atoms with van der Waals surface area (Å²) in [5, 5.41) is 43.6. The van der Waals surface area contributed by atoms with Crippen molar-refractivity contribution in [2.75, 3.05) is 6.61 Å². The number of ether oxygens (including phenoxy) is 2. The summed E-state index contributed by atoms with van der Waals surface area (Å²) in [6, 6.07) is 7.99. The number of carbonyl (C=O) groups is 2. The van der Waals surface area contributed by atoms with Gasteiger partial charge in [0.2, 0.25) is 0 Å². The van der Waals surface area contributed by atoms with Crippen LogP contribution in [-0.4, -0.2) is 81.8 Å². The standard InChI is InChI=1S/C19H28N2O8/c1-10(8-12-6-4-3-5-7-12)20-17(25)11(2)28-19(27)21-14-16(24)15(23)13(9-22)29-18(14)26/h3-7,10-11,13-16,18,22-24,26H,8-9H2,1-2H3,(H,20,25)(H,21,27)/t10-,11+,13+,14+,15+,16+,18?/m0/s1. The summed E-state index contributed by atoms with van der Waals surface area (Å²) in [7, 11) is 0. The second-order valence-corrected chi connectivity index (χ2v) is 7.05. The van der Waals surface area contributed by atoms with E-state index in [9.17, 15) is 24.9 Å². The average Bonchev–Trinajstić information content (AvgIpc) is 2.68. The average molecular weight is 412 g/mol. The highest BCUT2D eigenvalue weighted by atomic mass is 16.6. The van der Waals surface area contributed by atoms with Crippen molar-refractivity contribution in [1.29, 1.82) is 0 Å². The Morgan fingerprint density at radius 3 is 2.41 bits per heavy atom. The van der Waals surface area contributed by atoms with Gasteiger partial charge in [0.25, 0.3) is 5.91 Å². The lowest BCUT2D eigenvalue weighted by molar-refractivity contribution is -0.253. The van der Waals surface area contributed by atoms with E-state index in [1.807, 2.05) is 37.3 Å². The van der Waals surface area contributed by atoms with Crippen molar-refractivity contribution in [1.82, 2.24) is 10.6 Å². The molecular weight excluding hydrogens is 384 g/mol. The zero-order valence-corrected chi connectivity index (χ0v) is 16.3. The van der Waals surface area contributed by atoms with Crippen LogP contribution in [0.5, 0.6) is 0 Å². The molecule has 1 unspecified atom stereocenters. The van der Waals surface area contributed by atoms with Gasteiger partial charge in [0, 0.05) is 6.04 Å². The Hall–Kier alpha value is -2.24. The molecule has 162 valence electrons. The number of carbonyl (C=O) groups excluding carboxylic acids is 2. The molecule has 1 aromatic rings. The van der Waals surface area contributed by atoms with Gasteiger partial charge in [-0.05, 0) is 25.8 Å². The third kappa shape index (κ3) is 6.38. The number of aliphatic hydroxyl groups excluding tert-OH is 4. The molecule has 6 N–H and O–H groups in total. The Bertz CT molecular complexity index is 673. The zero-order valence-electron chi connectivity index (χ0n) is 16.3. The molecule has 10 heteroatoms. The van der Waals surface area contributed by atoms with E-state index >= 15 is 0 Å². The van der Waals surface area contributed by atoms with E-state index in [-0.39, 0.29) is 6.04 Å². The van der Waals surface area contributed by atoms with Crippen LogP contribution in [0.25, 0.3) is 0 Å². The molecule has 1 saturated heterocycles. The molecule has 0 radical (unpaired) electrons. The lowest BCUT2D eigenvalue weighted by atomic mass is 9.97. The van der Waals surface area contributed by atoms with Crippen molar-refractivity contribution < 1.29 is 39.5 Å². The van der Waals surface area contributed by atoms with Crippen molar-refractivity contribution in [3.8, 4) is 0 Å². The Kier molecular flexibility index (Phi) is 8.35. The third-order valence-electron chi connectivity index (χ3n) is 4.61. The van der Waals surface area contributed by atoms with Crippen LogP contribution in [0.3, 0.4) is 0 Å². The van der Waals surface area contributed by atoms with E-state index in [0.29, 0.717) is 6.42 Å². The molecule has 10 nitrogen and oxygen atoms in total. The maximum atomic E-state index is 12.2. The lowest BCUT2D eigenvalue weighted by Crippen LogP contribution is -2.64. The Labute approximate surface area is 168 Å². The van der Waals surface area contributed by atoms with Crippen LogP contribution < -0.4 is 10.6 Å². The quantitative estimate of drug-likeness (QED) is 0.321. The fourth-order valence-electron chi connectivity index (χ4n) is 3.02. The SMILES string of the molecule is C[C@@H](Cc1ccccc1)NC(=O)[C@@H](C)OC(=O)N[C@H]1C(O)O[C@H](CO)[C@@H](O)[C@@H]1O. The van der Waals surface area contributed by atoms with Gasteiger partial charge in [-0.2, -0.15) is 0 Å². The smallest absolute Gasteiger partial charge is 0.408 e. The molecule has 0 aromatic heterocycles. The molecule has 7 atom stereocenters. The van der Waals surface area contributed by atoms with Gasteiger partial charge in [-0.1, -0.05) is 30.3 Å². The minimum Gasteiger partial charge on any atom is -0.436 e. The summed E-state index contributed by atoms with van der Waals surface area (Å²) < 4.78 is 9.92. The van der Waals surface area contributed by atoms with Crippen LogP contribution in [0, 0.1) is 0 Å². The summed E-state index contributed by atoms with van der Waals surface area (Å²) in [5.74, 6) is -0.509. The number of rotatable bonds is 7. The molecule has 0 aliphatic carbocycles. The molecule has 1 aromatic carbocycles. The Morgan fingerprint density at radius 1 is 1.14 bits per heavy atom. The highest BCUT2D eigenvalue weighted by molar-refractivity contribution is 5.83. The number of hydrogen-bond acceptors (Lipinski definition) is 8. The van der Waals surface area contributed by atoms with E-state index < -0.39 is 55.4 Å². The van der Waals surface area contributed by atoms with E-state index in [0.717, 1.165) is 5.56 Å². The van der Waals surface area contributed by atoms with Gasteiger partial charge in [-0.25, -0.2) is 4.79 Å². The van der Waals surface area contributed by atoms with Crippen LogP contribution in [0.15, 0.2) is 30.3 Å². The van der Waals surface area contributed by atoms with Crippen LogP contribution in [0.1, 0.15) is 19.4 Å². The monoisotopic (exact) mass is 412 g/mol. The second-order valence-electron chi connectivity index (χ2n) is 7.05. The highest BCUT2D eigenvalue weighted by Crippen LogP contribution is 2.19. The normalized spacial score (nSPS) is 28.8. The predicted molar refractivity (Wildman–Crippen MR) is 101 cm³/mol. The molecule has 0 bridgehead atoms. The summed E-state index contributed by atoms with van der Waals surface area (Å²) in [6.07, 6.45) is -7.59. The van der Waals surface area contributed by atoms with Crippen LogP contribution in [0.2, 0.25) is 0 Å². The van der Waals surface area contributed by atoms with Crippen LogP contribution in [0.4, 0.5) is 4.79 Å². The molecule has 0 spiro atoms. The minimum absolute atomic E-state index is 0.194. The van der Waals surface area contributed by atoms with Gasteiger partial charge in [-0.15, -0.1) is 0 Å². The van der Waals surface area contributed by atoms with Gasteiger partial charge in [0.15, 0.2) is 12.4 Å². The minimum atomic E-state index is -1.67. The second kappa shape index (κ2) is 10.5. The maximum Gasteiger partial charge on any atom is 0.408 e. The molecule has 1 heterocycles. The first-order valence-corrected chi connectivity index (χ1v) is 9.35. The van der Waals surface area contributed by atoms with E-state index in [4.69, 9.17) is 14.6 Å². The van der Waals surface area contributed by atoms with E-state index in [2.05, 4.69) is 10.6 Å². The fraction of sp³-hybridized carbons (Fsp3) is 0.579. The number of nitrogens with one attached hydrogen (secondary N) is 2. The largest absolute Gasteiger partial charge is 0.436 e. The molecule has 2 amide bonds. The van der Waals surface area contributed by atoms with Gasteiger partial charge >= 0.3 is 6.09 Å². The van der Waals surface area contributed by atoms with E-state index in [1.165, 1.54) is 6.92 Å². The first-order valence-electron chi connectivity index (χ1n) is 9.35. The molecule has 1 aliphatic heterocycles. The predicted octanol–water partition coefficient (Wildman–Crippen LogP) is -1.35.